The van der Waals surface area contributed by atoms with Crippen molar-refractivity contribution in [2.24, 2.45) is 0 Å². The van der Waals surface area contributed by atoms with Crippen LogP contribution in [0.15, 0.2) is 54.9 Å². The minimum absolute atomic E-state index is 0.0291. The highest BCUT2D eigenvalue weighted by atomic mass is 16.6. The molecule has 0 atom stereocenters. The predicted molar refractivity (Wildman–Crippen MR) is 77.9 cm³/mol. The Balaban J connectivity index is 2.00. The van der Waals surface area contributed by atoms with Gasteiger partial charge >= 0.3 is 0 Å². The van der Waals surface area contributed by atoms with Gasteiger partial charge in [0, 0.05) is 23.9 Å². The van der Waals surface area contributed by atoms with E-state index in [9.17, 15) is 10.1 Å². The molecule has 3 rings (SSSR count). The highest BCUT2D eigenvalue weighted by Gasteiger charge is 2.12. The van der Waals surface area contributed by atoms with Crippen molar-refractivity contribution >= 4 is 11.4 Å². The van der Waals surface area contributed by atoms with E-state index in [0.29, 0.717) is 22.8 Å². The second kappa shape index (κ2) is 5.04. The van der Waals surface area contributed by atoms with Gasteiger partial charge in [0.1, 0.15) is 5.69 Å². The van der Waals surface area contributed by atoms with E-state index in [1.165, 1.54) is 12.1 Å². The SMILES string of the molecule is Nc1cn(-c2ccccn2)nc1-c1ccc([N+](=O)[O-])cc1. The molecule has 0 unspecified atom stereocenters. The summed E-state index contributed by atoms with van der Waals surface area (Å²) in [6, 6.07) is 11.6. The molecule has 2 N–H and O–H groups in total. The number of hydrogen-bond donors (Lipinski definition) is 1. The summed E-state index contributed by atoms with van der Waals surface area (Å²) in [5.41, 5.74) is 7.75. The van der Waals surface area contributed by atoms with Crippen LogP contribution in [-0.2, 0) is 0 Å². The zero-order valence-electron chi connectivity index (χ0n) is 10.9. The first kappa shape index (κ1) is 12.8. The molecule has 2 aromatic heterocycles. The van der Waals surface area contributed by atoms with E-state index in [2.05, 4.69) is 10.1 Å². The molecule has 2 heterocycles. The number of benzene rings is 1. The summed E-state index contributed by atoms with van der Waals surface area (Å²) < 4.78 is 1.58. The first-order chi connectivity index (χ1) is 10.1. The van der Waals surface area contributed by atoms with Crippen LogP contribution < -0.4 is 5.73 Å². The molecule has 21 heavy (non-hydrogen) atoms. The summed E-state index contributed by atoms with van der Waals surface area (Å²) in [5.74, 6) is 0.650. The van der Waals surface area contributed by atoms with E-state index in [1.807, 2.05) is 18.2 Å². The molecule has 0 bridgehead atoms. The minimum Gasteiger partial charge on any atom is -0.396 e. The van der Waals surface area contributed by atoms with Gasteiger partial charge in [0.25, 0.3) is 5.69 Å². The van der Waals surface area contributed by atoms with Crippen LogP contribution in [-0.4, -0.2) is 19.7 Å². The van der Waals surface area contributed by atoms with Crippen LogP contribution in [0.1, 0.15) is 0 Å². The van der Waals surface area contributed by atoms with E-state index in [1.54, 1.807) is 29.2 Å². The highest BCUT2D eigenvalue weighted by molar-refractivity contribution is 5.73. The van der Waals surface area contributed by atoms with E-state index < -0.39 is 4.92 Å². The molecule has 0 amide bonds. The van der Waals surface area contributed by atoms with Gasteiger partial charge in [-0.2, -0.15) is 5.10 Å². The predicted octanol–water partition coefficient (Wildman–Crippen LogP) is 2.42. The third-order valence-corrected chi connectivity index (χ3v) is 2.98. The maximum absolute atomic E-state index is 10.7. The Morgan fingerprint density at radius 3 is 2.52 bits per heavy atom. The molecule has 0 radical (unpaired) electrons. The van der Waals surface area contributed by atoms with Crippen molar-refractivity contribution in [1.82, 2.24) is 14.8 Å². The van der Waals surface area contributed by atoms with Gasteiger partial charge in [-0.3, -0.25) is 10.1 Å². The van der Waals surface area contributed by atoms with Crippen molar-refractivity contribution in [3.05, 3.63) is 65.0 Å². The number of aromatic nitrogens is 3. The average molecular weight is 281 g/mol. The van der Waals surface area contributed by atoms with Crippen molar-refractivity contribution in [2.45, 2.75) is 0 Å². The van der Waals surface area contributed by atoms with Crippen LogP contribution in [0.25, 0.3) is 17.1 Å². The fourth-order valence-electron chi connectivity index (χ4n) is 1.96. The first-order valence-corrected chi connectivity index (χ1v) is 6.16. The third kappa shape index (κ3) is 2.44. The molecule has 0 spiro atoms. The quantitative estimate of drug-likeness (QED) is 0.587. The highest BCUT2D eigenvalue weighted by Crippen LogP contribution is 2.26. The van der Waals surface area contributed by atoms with Crippen molar-refractivity contribution < 1.29 is 4.92 Å². The van der Waals surface area contributed by atoms with Crippen molar-refractivity contribution in [3.63, 3.8) is 0 Å². The van der Waals surface area contributed by atoms with Crippen LogP contribution in [0, 0.1) is 10.1 Å². The summed E-state index contributed by atoms with van der Waals surface area (Å²) >= 11 is 0. The number of non-ortho nitro benzene ring substituents is 1. The van der Waals surface area contributed by atoms with Gasteiger partial charge in [-0.25, -0.2) is 9.67 Å². The number of nitro groups is 1. The van der Waals surface area contributed by atoms with Crippen LogP contribution in [0.5, 0.6) is 0 Å². The molecule has 0 saturated heterocycles. The Morgan fingerprint density at radius 2 is 1.90 bits per heavy atom. The van der Waals surface area contributed by atoms with Gasteiger partial charge < -0.3 is 5.73 Å². The standard InChI is InChI=1S/C14H11N5O2/c15-12-9-18(13-3-1-2-8-16-13)17-14(12)10-4-6-11(7-5-10)19(20)21/h1-9H,15H2. The van der Waals surface area contributed by atoms with Gasteiger partial charge in [0.15, 0.2) is 5.82 Å². The second-order valence-corrected chi connectivity index (χ2v) is 4.37. The van der Waals surface area contributed by atoms with Crippen LogP contribution >= 0.6 is 0 Å². The number of nitrogens with two attached hydrogens (primary N) is 1. The average Bonchev–Trinajstić information content (AvgIpc) is 2.90. The van der Waals surface area contributed by atoms with Gasteiger partial charge in [0.05, 0.1) is 16.8 Å². The van der Waals surface area contributed by atoms with Gasteiger partial charge in [-0.15, -0.1) is 0 Å². The molecule has 7 nitrogen and oxygen atoms in total. The topological polar surface area (TPSA) is 99.9 Å². The molecule has 0 aliphatic carbocycles. The van der Waals surface area contributed by atoms with Gasteiger partial charge in [-0.1, -0.05) is 6.07 Å². The van der Waals surface area contributed by atoms with E-state index >= 15 is 0 Å². The van der Waals surface area contributed by atoms with Gasteiger partial charge in [0.2, 0.25) is 0 Å². The minimum atomic E-state index is -0.445. The summed E-state index contributed by atoms with van der Waals surface area (Å²) in [5, 5.41) is 15.0. The van der Waals surface area contributed by atoms with Crippen LogP contribution in [0.2, 0.25) is 0 Å². The fraction of sp³-hybridized carbons (Fsp3) is 0. The maximum atomic E-state index is 10.7. The Bertz CT molecular complexity index is 781. The summed E-state index contributed by atoms with van der Waals surface area (Å²) in [7, 11) is 0. The second-order valence-electron chi connectivity index (χ2n) is 4.37. The van der Waals surface area contributed by atoms with Crippen LogP contribution in [0.4, 0.5) is 11.4 Å². The smallest absolute Gasteiger partial charge is 0.269 e. The Labute approximate surface area is 119 Å². The molecule has 0 aliphatic heterocycles. The monoisotopic (exact) mass is 281 g/mol. The number of pyridine rings is 1. The van der Waals surface area contributed by atoms with Crippen LogP contribution in [0.3, 0.4) is 0 Å². The Hall–Kier alpha value is -3.22. The van der Waals surface area contributed by atoms with E-state index in [4.69, 9.17) is 5.73 Å². The Kier molecular flexibility index (Phi) is 3.07. The number of rotatable bonds is 3. The lowest BCUT2D eigenvalue weighted by molar-refractivity contribution is -0.384. The van der Waals surface area contributed by atoms with Crippen molar-refractivity contribution in [2.75, 3.05) is 5.73 Å². The maximum Gasteiger partial charge on any atom is 0.269 e. The lowest BCUT2D eigenvalue weighted by atomic mass is 10.1. The number of nitrogens with zero attached hydrogens (tertiary/aromatic N) is 4. The summed E-state index contributed by atoms with van der Waals surface area (Å²) in [6.45, 7) is 0. The van der Waals surface area contributed by atoms with E-state index in [-0.39, 0.29) is 5.69 Å². The lowest BCUT2D eigenvalue weighted by Crippen LogP contribution is -1.97. The lowest BCUT2D eigenvalue weighted by Gasteiger charge is -1.99. The normalized spacial score (nSPS) is 10.5. The molecule has 0 fully saturated rings. The molecule has 7 heteroatoms. The fourth-order valence-corrected chi connectivity index (χ4v) is 1.96. The molecule has 1 aromatic carbocycles. The molecule has 0 saturated carbocycles. The Morgan fingerprint density at radius 1 is 1.14 bits per heavy atom. The number of anilines is 1. The molecule has 3 aromatic rings. The molecular formula is C14H11N5O2. The molecule has 0 aliphatic rings. The number of nitro benzene ring substituents is 1. The largest absolute Gasteiger partial charge is 0.396 e. The zero-order chi connectivity index (χ0) is 14.8. The third-order valence-electron chi connectivity index (χ3n) is 2.98. The summed E-state index contributed by atoms with van der Waals surface area (Å²) in [4.78, 5) is 14.4. The molecule has 104 valence electrons. The number of nitrogen functional groups attached to an aromatic ring is 1. The zero-order valence-corrected chi connectivity index (χ0v) is 10.9. The van der Waals surface area contributed by atoms with Crippen molar-refractivity contribution in [1.29, 1.82) is 0 Å². The first-order valence-electron chi connectivity index (χ1n) is 6.16. The van der Waals surface area contributed by atoms with E-state index in [0.717, 1.165) is 0 Å². The van der Waals surface area contributed by atoms with Crippen molar-refractivity contribution in [3.8, 4) is 17.1 Å². The van der Waals surface area contributed by atoms with Gasteiger partial charge in [-0.05, 0) is 24.3 Å². The number of hydrogen-bond acceptors (Lipinski definition) is 5. The molecular weight excluding hydrogens is 270 g/mol. The summed E-state index contributed by atoms with van der Waals surface area (Å²) in [6.07, 6.45) is 3.33.